The molecule has 0 bridgehead atoms. The molecule has 0 unspecified atom stereocenters. The van der Waals surface area contributed by atoms with Gasteiger partial charge in [-0.15, -0.1) is 0 Å². The molecule has 62 valence electrons. The highest BCUT2D eigenvalue weighted by Gasteiger charge is 2.36. The van der Waals surface area contributed by atoms with Gasteiger partial charge in [-0.05, 0) is 18.1 Å². The average molecular weight is 176 g/mol. The second-order valence-corrected chi connectivity index (χ2v) is 9.58. The number of rotatable bonds is 2. The van der Waals surface area contributed by atoms with Crippen LogP contribution in [0.2, 0.25) is 18.1 Å². The maximum atomic E-state index is 5.79. The van der Waals surface area contributed by atoms with E-state index in [-0.39, 0.29) is 0 Å². The Balaban J connectivity index is 4.10. The lowest BCUT2D eigenvalue weighted by atomic mass is 10.2. The first-order chi connectivity index (χ1) is 4.31. The first-order valence-electron chi connectivity index (χ1n) is 3.95. The molecule has 0 spiro atoms. The van der Waals surface area contributed by atoms with Crippen molar-refractivity contribution < 1.29 is 4.43 Å². The van der Waals surface area contributed by atoms with Crippen LogP contribution >= 0.6 is 0 Å². The summed E-state index contributed by atoms with van der Waals surface area (Å²) in [5.41, 5.74) is 0. The molecule has 0 amide bonds. The van der Waals surface area contributed by atoms with Crippen molar-refractivity contribution in [3.63, 3.8) is 0 Å². The zero-order chi connectivity index (χ0) is 8.41. The minimum absolute atomic E-state index is 0.386. The van der Waals surface area contributed by atoms with Gasteiger partial charge in [0, 0.05) is 16.5 Å². The molecule has 0 saturated carbocycles. The lowest BCUT2D eigenvalue weighted by molar-refractivity contribution is 0.349. The van der Waals surface area contributed by atoms with Crippen molar-refractivity contribution in [2.24, 2.45) is 0 Å². The molecule has 0 heterocycles. The second-order valence-electron chi connectivity index (χ2n) is 4.19. The van der Waals surface area contributed by atoms with Gasteiger partial charge in [-0.2, -0.15) is 0 Å². The van der Waals surface area contributed by atoms with E-state index in [0.29, 0.717) is 5.04 Å². The van der Waals surface area contributed by atoms with Crippen molar-refractivity contribution in [2.45, 2.75) is 38.9 Å². The third-order valence-electron chi connectivity index (χ3n) is 2.31. The third kappa shape index (κ3) is 2.56. The number of hydrogen-bond acceptors (Lipinski definition) is 1. The fourth-order valence-electron chi connectivity index (χ4n) is 0.577. The molecule has 0 radical (unpaired) electrons. The normalized spacial score (nSPS) is 14.1. The summed E-state index contributed by atoms with van der Waals surface area (Å²) in [6.45, 7) is 11.4. The molecule has 0 fully saturated rings. The molecule has 10 heavy (non-hydrogen) atoms. The zero-order valence-electron chi connectivity index (χ0n) is 8.12. The Morgan fingerprint density at radius 3 is 1.80 bits per heavy atom. The Bertz CT molecular complexity index is 105. The molecule has 0 saturated heterocycles. The van der Waals surface area contributed by atoms with Crippen LogP contribution in [0.3, 0.4) is 0 Å². The van der Waals surface area contributed by atoms with Crippen LogP contribution in [0.4, 0.5) is 0 Å². The first kappa shape index (κ1) is 10.4. The second kappa shape index (κ2) is 3.19. The monoisotopic (exact) mass is 176 g/mol. The van der Waals surface area contributed by atoms with E-state index in [0.717, 1.165) is 6.23 Å². The summed E-state index contributed by atoms with van der Waals surface area (Å²) in [5, 5.41) is 0.386. The summed E-state index contributed by atoms with van der Waals surface area (Å²) in [7, 11) is -0.204. The largest absolute Gasteiger partial charge is 0.421 e. The molecule has 0 aromatic heterocycles. The Morgan fingerprint density at radius 1 is 1.30 bits per heavy atom. The van der Waals surface area contributed by atoms with E-state index in [2.05, 4.69) is 33.9 Å². The van der Waals surface area contributed by atoms with Gasteiger partial charge in [0.05, 0.1) is 0 Å². The van der Waals surface area contributed by atoms with Crippen LogP contribution < -0.4 is 0 Å². The van der Waals surface area contributed by atoms with Gasteiger partial charge in [0.15, 0.2) is 8.32 Å². The lowest BCUT2D eigenvalue weighted by Crippen LogP contribution is -2.41. The maximum absolute atomic E-state index is 5.79. The van der Waals surface area contributed by atoms with Gasteiger partial charge in [-0.3, -0.25) is 0 Å². The standard InChI is InChI=1S/C7H20OSi2/c1-7(2,3)10(4,5)8-6-9/h6H2,1-5,9H3. The van der Waals surface area contributed by atoms with E-state index in [1.807, 2.05) is 0 Å². The quantitative estimate of drug-likeness (QED) is 0.577. The average Bonchev–Trinajstić information content (AvgIpc) is 1.61. The van der Waals surface area contributed by atoms with Gasteiger partial charge >= 0.3 is 0 Å². The summed E-state index contributed by atoms with van der Waals surface area (Å²) in [6.07, 6.45) is 0.997. The van der Waals surface area contributed by atoms with E-state index in [9.17, 15) is 0 Å². The highest BCUT2D eigenvalue weighted by molar-refractivity contribution is 6.74. The maximum Gasteiger partial charge on any atom is 0.191 e. The van der Waals surface area contributed by atoms with E-state index in [1.54, 1.807) is 0 Å². The van der Waals surface area contributed by atoms with E-state index >= 15 is 0 Å². The summed E-state index contributed by atoms with van der Waals surface area (Å²) in [4.78, 5) is 0. The molecular formula is C7H20OSi2. The zero-order valence-corrected chi connectivity index (χ0v) is 11.1. The molecule has 0 aliphatic rings. The van der Waals surface area contributed by atoms with Crippen molar-refractivity contribution in [3.05, 3.63) is 0 Å². The Kier molecular flexibility index (Phi) is 3.32. The molecule has 0 aliphatic carbocycles. The minimum atomic E-state index is -1.37. The van der Waals surface area contributed by atoms with Gasteiger partial charge in [-0.1, -0.05) is 20.8 Å². The van der Waals surface area contributed by atoms with Crippen molar-refractivity contribution >= 4 is 18.6 Å². The third-order valence-corrected chi connectivity index (χ3v) is 7.80. The molecule has 0 rings (SSSR count). The highest BCUT2D eigenvalue weighted by Crippen LogP contribution is 2.36. The van der Waals surface area contributed by atoms with Crippen LogP contribution in [-0.2, 0) is 4.43 Å². The molecule has 1 nitrogen and oxygen atoms in total. The Morgan fingerprint density at radius 2 is 1.70 bits per heavy atom. The van der Waals surface area contributed by atoms with E-state index in [1.165, 1.54) is 10.2 Å². The van der Waals surface area contributed by atoms with Crippen molar-refractivity contribution in [1.29, 1.82) is 0 Å². The Labute approximate surface area is 68.7 Å². The van der Waals surface area contributed by atoms with Crippen LogP contribution in [0.25, 0.3) is 0 Å². The summed E-state index contributed by atoms with van der Waals surface area (Å²) < 4.78 is 5.79. The fourth-order valence-corrected chi connectivity index (χ4v) is 3.90. The Hall–Kier alpha value is 0.394. The van der Waals surface area contributed by atoms with E-state index in [4.69, 9.17) is 4.43 Å². The van der Waals surface area contributed by atoms with Crippen molar-refractivity contribution in [1.82, 2.24) is 0 Å². The molecular weight excluding hydrogens is 156 g/mol. The van der Waals surface area contributed by atoms with Crippen molar-refractivity contribution in [3.8, 4) is 0 Å². The highest BCUT2D eigenvalue weighted by atomic mass is 28.4. The summed E-state index contributed by atoms with van der Waals surface area (Å²) in [6, 6.07) is 0. The van der Waals surface area contributed by atoms with Gasteiger partial charge in [0.2, 0.25) is 0 Å². The van der Waals surface area contributed by atoms with Crippen LogP contribution in [0.15, 0.2) is 0 Å². The smallest absolute Gasteiger partial charge is 0.191 e. The van der Waals surface area contributed by atoms with Gasteiger partial charge in [-0.25, -0.2) is 0 Å². The predicted octanol–water partition coefficient (Wildman–Crippen LogP) is 1.33. The van der Waals surface area contributed by atoms with Gasteiger partial charge in [0.25, 0.3) is 0 Å². The van der Waals surface area contributed by atoms with Crippen LogP contribution in [-0.4, -0.2) is 24.8 Å². The summed E-state index contributed by atoms with van der Waals surface area (Å²) >= 11 is 0. The predicted molar refractivity (Wildman–Crippen MR) is 53.1 cm³/mol. The molecule has 0 aromatic rings. The van der Waals surface area contributed by atoms with Crippen LogP contribution in [0, 0.1) is 0 Å². The van der Waals surface area contributed by atoms with Gasteiger partial charge < -0.3 is 4.43 Å². The first-order valence-corrected chi connectivity index (χ1v) is 8.27. The molecule has 0 atom stereocenters. The molecule has 0 N–H and O–H groups in total. The molecule has 3 heteroatoms. The van der Waals surface area contributed by atoms with Gasteiger partial charge in [0.1, 0.15) is 0 Å². The van der Waals surface area contributed by atoms with Crippen molar-refractivity contribution in [2.75, 3.05) is 6.23 Å². The minimum Gasteiger partial charge on any atom is -0.421 e. The molecule has 0 aliphatic heterocycles. The summed E-state index contributed by atoms with van der Waals surface area (Å²) in [5.74, 6) is 0. The lowest BCUT2D eigenvalue weighted by Gasteiger charge is -2.35. The van der Waals surface area contributed by atoms with Crippen LogP contribution in [0.1, 0.15) is 20.8 Å². The topological polar surface area (TPSA) is 9.23 Å². The van der Waals surface area contributed by atoms with Crippen LogP contribution in [0.5, 0.6) is 0 Å². The number of hydrogen-bond donors (Lipinski definition) is 0. The molecule has 0 aromatic carbocycles. The van der Waals surface area contributed by atoms with E-state index < -0.39 is 8.32 Å². The fraction of sp³-hybridized carbons (Fsp3) is 1.00. The SMILES string of the molecule is CC(C)(C)[Si](C)(C)OC[SiH3].